The molecule has 0 bridgehead atoms. The van der Waals surface area contributed by atoms with Crippen molar-refractivity contribution >= 4 is 12.0 Å². The zero-order valence-corrected chi connectivity index (χ0v) is 13.8. The number of para-hydroxylation sites is 1. The van der Waals surface area contributed by atoms with E-state index < -0.39 is 0 Å². The highest BCUT2D eigenvalue weighted by molar-refractivity contribution is 5.88. The first kappa shape index (κ1) is 16.8. The van der Waals surface area contributed by atoms with Gasteiger partial charge in [-0.3, -0.25) is 0 Å². The molecule has 0 amide bonds. The number of carbonyl (C=O) groups is 1. The fraction of sp³-hybridized carbons (Fsp3) is 0.250. The Morgan fingerprint density at radius 2 is 1.78 bits per heavy atom. The maximum Gasteiger partial charge on any atom is 0.336 e. The van der Waals surface area contributed by atoms with Crippen molar-refractivity contribution in [3.63, 3.8) is 0 Å². The number of rotatable bonds is 6. The van der Waals surface area contributed by atoms with Gasteiger partial charge in [-0.25, -0.2) is 4.79 Å². The van der Waals surface area contributed by atoms with E-state index in [1.165, 1.54) is 6.08 Å². The number of benzene rings is 2. The molecule has 0 spiro atoms. The molecule has 0 fully saturated rings. The largest absolute Gasteiger partial charge is 0.494 e. The molecule has 0 saturated heterocycles. The van der Waals surface area contributed by atoms with Crippen LogP contribution in [0.4, 0.5) is 0 Å². The van der Waals surface area contributed by atoms with Gasteiger partial charge in [0, 0.05) is 6.08 Å². The summed E-state index contributed by atoms with van der Waals surface area (Å²) in [4.78, 5) is 12.0. The van der Waals surface area contributed by atoms with Crippen LogP contribution in [0.25, 0.3) is 6.08 Å². The number of hydrogen-bond donors (Lipinski definition) is 0. The third-order valence-electron chi connectivity index (χ3n) is 3.35. The number of esters is 1. The molecule has 3 nitrogen and oxygen atoms in total. The average molecular weight is 310 g/mol. The lowest BCUT2D eigenvalue weighted by molar-refractivity contribution is -0.128. The Morgan fingerprint density at radius 1 is 1.09 bits per heavy atom. The second-order valence-electron chi connectivity index (χ2n) is 5.45. The lowest BCUT2D eigenvalue weighted by Gasteiger charge is -2.11. The summed E-state index contributed by atoms with van der Waals surface area (Å²) in [5, 5.41) is 0. The molecule has 0 aromatic heterocycles. The summed E-state index contributed by atoms with van der Waals surface area (Å²) < 4.78 is 10.8. The first-order valence-corrected chi connectivity index (χ1v) is 7.82. The van der Waals surface area contributed by atoms with E-state index in [2.05, 4.69) is 13.8 Å². The van der Waals surface area contributed by atoms with Crippen LogP contribution in [-0.2, 0) is 4.79 Å². The summed E-state index contributed by atoms with van der Waals surface area (Å²) in [6.07, 6.45) is 3.17. The topological polar surface area (TPSA) is 35.5 Å². The SMILES string of the molecule is CCOc1ccc(/C=C/C(=O)Oc2ccccc2C(C)C)cc1. The fourth-order valence-electron chi connectivity index (χ4n) is 2.20. The molecule has 2 aromatic carbocycles. The second kappa shape index (κ2) is 8.18. The van der Waals surface area contributed by atoms with Crippen LogP contribution >= 0.6 is 0 Å². The van der Waals surface area contributed by atoms with Crippen LogP contribution < -0.4 is 9.47 Å². The Kier molecular flexibility index (Phi) is 5.98. The van der Waals surface area contributed by atoms with Crippen LogP contribution in [0.3, 0.4) is 0 Å². The summed E-state index contributed by atoms with van der Waals surface area (Å²) in [5.74, 6) is 1.35. The number of hydrogen-bond acceptors (Lipinski definition) is 3. The van der Waals surface area contributed by atoms with Gasteiger partial charge in [0.15, 0.2) is 0 Å². The van der Waals surface area contributed by atoms with Crippen LogP contribution in [0.1, 0.15) is 37.8 Å². The molecule has 2 rings (SSSR count). The highest BCUT2D eigenvalue weighted by Crippen LogP contribution is 2.26. The molecular formula is C20H22O3. The van der Waals surface area contributed by atoms with Gasteiger partial charge in [0.2, 0.25) is 0 Å². The van der Waals surface area contributed by atoms with Gasteiger partial charge in [0.1, 0.15) is 11.5 Å². The van der Waals surface area contributed by atoms with Gasteiger partial charge < -0.3 is 9.47 Å². The molecule has 0 aliphatic rings. The van der Waals surface area contributed by atoms with Gasteiger partial charge in [0.05, 0.1) is 6.61 Å². The fourth-order valence-corrected chi connectivity index (χ4v) is 2.20. The van der Waals surface area contributed by atoms with Crippen LogP contribution in [-0.4, -0.2) is 12.6 Å². The highest BCUT2D eigenvalue weighted by atomic mass is 16.5. The summed E-state index contributed by atoms with van der Waals surface area (Å²) in [6.45, 7) is 6.72. The molecule has 3 heteroatoms. The number of carbonyl (C=O) groups excluding carboxylic acids is 1. The van der Waals surface area contributed by atoms with E-state index in [0.29, 0.717) is 18.3 Å². The maximum absolute atomic E-state index is 12.0. The summed E-state index contributed by atoms with van der Waals surface area (Å²) in [6, 6.07) is 15.2. The standard InChI is InChI=1S/C20H22O3/c1-4-22-17-12-9-16(10-13-17)11-14-20(21)23-19-8-6-5-7-18(19)15(2)3/h5-15H,4H2,1-3H3/b14-11+. The van der Waals surface area contributed by atoms with Crippen molar-refractivity contribution in [3.05, 3.63) is 65.7 Å². The minimum atomic E-state index is -0.382. The molecule has 0 aliphatic carbocycles. The van der Waals surface area contributed by atoms with Gasteiger partial charge >= 0.3 is 5.97 Å². The van der Waals surface area contributed by atoms with Crippen molar-refractivity contribution in [3.8, 4) is 11.5 Å². The molecule has 0 unspecified atom stereocenters. The molecule has 2 aromatic rings. The Bertz CT molecular complexity index is 670. The second-order valence-corrected chi connectivity index (χ2v) is 5.45. The van der Waals surface area contributed by atoms with E-state index in [1.807, 2.05) is 55.5 Å². The van der Waals surface area contributed by atoms with Gasteiger partial charge in [-0.15, -0.1) is 0 Å². The third-order valence-corrected chi connectivity index (χ3v) is 3.35. The molecule has 0 aliphatic heterocycles. The summed E-state index contributed by atoms with van der Waals surface area (Å²) >= 11 is 0. The van der Waals surface area contributed by atoms with Crippen molar-refractivity contribution in [1.82, 2.24) is 0 Å². The Hall–Kier alpha value is -2.55. The molecule has 0 N–H and O–H groups in total. The van der Waals surface area contributed by atoms with Gasteiger partial charge in [-0.1, -0.05) is 44.2 Å². The normalized spacial score (nSPS) is 11.0. The average Bonchev–Trinajstić information content (AvgIpc) is 2.55. The summed E-state index contributed by atoms with van der Waals surface area (Å²) in [5.41, 5.74) is 1.94. The van der Waals surface area contributed by atoms with Gasteiger partial charge in [-0.2, -0.15) is 0 Å². The quantitative estimate of drug-likeness (QED) is 0.435. The number of ether oxygens (including phenoxy) is 2. The van der Waals surface area contributed by atoms with Crippen LogP contribution in [0.2, 0.25) is 0 Å². The molecular weight excluding hydrogens is 288 g/mol. The lowest BCUT2D eigenvalue weighted by atomic mass is 10.0. The maximum atomic E-state index is 12.0. The molecule has 0 atom stereocenters. The molecule has 0 radical (unpaired) electrons. The molecule has 0 saturated carbocycles. The Balaban J connectivity index is 2.02. The van der Waals surface area contributed by atoms with E-state index in [-0.39, 0.29) is 5.97 Å². The summed E-state index contributed by atoms with van der Waals surface area (Å²) in [7, 11) is 0. The van der Waals surface area contributed by atoms with Crippen molar-refractivity contribution in [2.45, 2.75) is 26.7 Å². The monoisotopic (exact) mass is 310 g/mol. The smallest absolute Gasteiger partial charge is 0.336 e. The van der Waals surface area contributed by atoms with Crippen molar-refractivity contribution in [2.24, 2.45) is 0 Å². The van der Waals surface area contributed by atoms with Gasteiger partial charge in [-0.05, 0) is 48.2 Å². The van der Waals surface area contributed by atoms with Crippen molar-refractivity contribution in [2.75, 3.05) is 6.61 Å². The van der Waals surface area contributed by atoms with E-state index in [9.17, 15) is 4.79 Å². The van der Waals surface area contributed by atoms with Gasteiger partial charge in [0.25, 0.3) is 0 Å². The van der Waals surface area contributed by atoms with Crippen LogP contribution in [0, 0.1) is 0 Å². The van der Waals surface area contributed by atoms with Crippen molar-refractivity contribution in [1.29, 1.82) is 0 Å². The predicted molar refractivity (Wildman–Crippen MR) is 92.8 cm³/mol. The molecule has 23 heavy (non-hydrogen) atoms. The predicted octanol–water partition coefficient (Wildman–Crippen LogP) is 4.83. The van der Waals surface area contributed by atoms with Crippen LogP contribution in [0.15, 0.2) is 54.6 Å². The van der Waals surface area contributed by atoms with Crippen molar-refractivity contribution < 1.29 is 14.3 Å². The Morgan fingerprint density at radius 3 is 2.43 bits per heavy atom. The molecule has 0 heterocycles. The van der Waals surface area contributed by atoms with E-state index in [1.54, 1.807) is 6.08 Å². The lowest BCUT2D eigenvalue weighted by Crippen LogP contribution is -2.06. The first-order chi connectivity index (χ1) is 11.1. The minimum absolute atomic E-state index is 0.300. The van der Waals surface area contributed by atoms with E-state index in [4.69, 9.17) is 9.47 Å². The Labute approximate surface area is 137 Å². The minimum Gasteiger partial charge on any atom is -0.494 e. The zero-order valence-electron chi connectivity index (χ0n) is 13.8. The van der Waals surface area contributed by atoms with Crippen LogP contribution in [0.5, 0.6) is 11.5 Å². The molecule has 120 valence electrons. The first-order valence-electron chi connectivity index (χ1n) is 7.82. The van der Waals surface area contributed by atoms with E-state index in [0.717, 1.165) is 16.9 Å². The zero-order chi connectivity index (χ0) is 16.7. The highest BCUT2D eigenvalue weighted by Gasteiger charge is 2.09. The third kappa shape index (κ3) is 4.99. The van der Waals surface area contributed by atoms with E-state index >= 15 is 0 Å².